The molecule has 0 bridgehead atoms. The van der Waals surface area contributed by atoms with E-state index in [-0.39, 0.29) is 11.6 Å². The highest BCUT2D eigenvalue weighted by Gasteiger charge is 2.05. The fraction of sp³-hybridized carbons (Fsp3) is 0. The number of nitrogens with zero attached hydrogens (tertiary/aromatic N) is 3. The van der Waals surface area contributed by atoms with Gasteiger partial charge < -0.3 is 0 Å². The average molecular weight is 200 g/mol. The number of ketones is 1. The minimum Gasteiger partial charge on any atom is -0.286 e. The summed E-state index contributed by atoms with van der Waals surface area (Å²) in [5.41, 5.74) is 0.953. The highest BCUT2D eigenvalue weighted by molar-refractivity contribution is 6.03. The number of H-pyrrole nitrogens is 1. The van der Waals surface area contributed by atoms with Crippen LogP contribution in [-0.4, -0.2) is 26.4 Å². The van der Waals surface area contributed by atoms with E-state index in [0.717, 1.165) is 5.56 Å². The molecule has 1 aromatic carbocycles. The lowest BCUT2D eigenvalue weighted by Crippen LogP contribution is -1.96. The van der Waals surface area contributed by atoms with Crippen molar-refractivity contribution in [3.8, 4) is 0 Å². The molecule has 5 nitrogen and oxygen atoms in total. The van der Waals surface area contributed by atoms with Crippen molar-refractivity contribution in [1.29, 1.82) is 0 Å². The summed E-state index contributed by atoms with van der Waals surface area (Å²) in [4.78, 5) is 11.4. The quantitative estimate of drug-likeness (QED) is 0.594. The van der Waals surface area contributed by atoms with Gasteiger partial charge in [0.25, 0.3) is 0 Å². The summed E-state index contributed by atoms with van der Waals surface area (Å²) in [6, 6.07) is 9.52. The van der Waals surface area contributed by atoms with Crippen LogP contribution < -0.4 is 0 Å². The van der Waals surface area contributed by atoms with Crippen LogP contribution in [-0.2, 0) is 0 Å². The van der Waals surface area contributed by atoms with E-state index in [1.807, 2.05) is 30.3 Å². The molecule has 0 amide bonds. The van der Waals surface area contributed by atoms with Crippen LogP contribution in [0.25, 0.3) is 6.08 Å². The average Bonchev–Trinajstić information content (AvgIpc) is 2.81. The largest absolute Gasteiger partial charge is 0.286 e. The van der Waals surface area contributed by atoms with Gasteiger partial charge >= 0.3 is 0 Å². The Morgan fingerprint density at radius 3 is 2.73 bits per heavy atom. The van der Waals surface area contributed by atoms with Crippen LogP contribution in [0.5, 0.6) is 0 Å². The highest BCUT2D eigenvalue weighted by Crippen LogP contribution is 2.01. The van der Waals surface area contributed by atoms with Crippen LogP contribution in [0.4, 0.5) is 0 Å². The minimum atomic E-state index is -0.271. The van der Waals surface area contributed by atoms with Crippen molar-refractivity contribution in [2.24, 2.45) is 0 Å². The molecule has 0 radical (unpaired) electrons. The molecule has 0 spiro atoms. The van der Waals surface area contributed by atoms with Gasteiger partial charge in [-0.25, -0.2) is 0 Å². The lowest BCUT2D eigenvalue weighted by atomic mass is 10.2. The highest BCUT2D eigenvalue weighted by atomic mass is 16.1. The Kier molecular flexibility index (Phi) is 2.64. The molecule has 0 atom stereocenters. The molecule has 0 fully saturated rings. The number of carbonyl (C=O) groups excluding carboxylic acids is 1. The standard InChI is InChI=1S/C10H8N4O/c15-9(10-11-13-14-12-10)7-6-8-4-2-1-3-5-8/h1-7H,(H,11,12,13,14). The van der Waals surface area contributed by atoms with E-state index in [0.29, 0.717) is 0 Å². The predicted molar refractivity (Wildman–Crippen MR) is 54.0 cm³/mol. The van der Waals surface area contributed by atoms with Crippen molar-refractivity contribution < 1.29 is 4.79 Å². The first-order valence-corrected chi connectivity index (χ1v) is 4.37. The fourth-order valence-electron chi connectivity index (χ4n) is 1.08. The number of aromatic nitrogens is 4. The summed E-state index contributed by atoms with van der Waals surface area (Å²) in [6.07, 6.45) is 3.12. The van der Waals surface area contributed by atoms with E-state index in [2.05, 4.69) is 20.6 Å². The second-order valence-electron chi connectivity index (χ2n) is 2.84. The van der Waals surface area contributed by atoms with E-state index in [1.165, 1.54) is 6.08 Å². The molecule has 15 heavy (non-hydrogen) atoms. The number of aromatic amines is 1. The second kappa shape index (κ2) is 4.28. The van der Waals surface area contributed by atoms with Crippen molar-refractivity contribution in [2.75, 3.05) is 0 Å². The van der Waals surface area contributed by atoms with Gasteiger partial charge in [0.2, 0.25) is 11.6 Å². The van der Waals surface area contributed by atoms with Gasteiger partial charge in [0.15, 0.2) is 0 Å². The normalized spacial score (nSPS) is 10.7. The molecular weight excluding hydrogens is 192 g/mol. The number of hydrogen-bond donors (Lipinski definition) is 1. The van der Waals surface area contributed by atoms with Gasteiger partial charge in [0.1, 0.15) is 0 Å². The van der Waals surface area contributed by atoms with Gasteiger partial charge in [-0.15, -0.1) is 10.2 Å². The number of carbonyl (C=O) groups is 1. The van der Waals surface area contributed by atoms with Crippen molar-refractivity contribution >= 4 is 11.9 Å². The summed E-state index contributed by atoms with van der Waals surface area (Å²) in [7, 11) is 0. The number of benzene rings is 1. The summed E-state index contributed by atoms with van der Waals surface area (Å²) >= 11 is 0. The fourth-order valence-corrected chi connectivity index (χ4v) is 1.08. The number of rotatable bonds is 3. The lowest BCUT2D eigenvalue weighted by Gasteiger charge is -1.89. The third-order valence-electron chi connectivity index (χ3n) is 1.79. The van der Waals surface area contributed by atoms with Crippen LogP contribution in [0.1, 0.15) is 16.2 Å². The molecule has 0 saturated heterocycles. The van der Waals surface area contributed by atoms with E-state index in [9.17, 15) is 4.79 Å². The van der Waals surface area contributed by atoms with Crippen LogP contribution >= 0.6 is 0 Å². The predicted octanol–water partition coefficient (Wildman–Crippen LogP) is 1.10. The maximum Gasteiger partial charge on any atom is 0.244 e. The topological polar surface area (TPSA) is 71.5 Å². The number of hydrogen-bond acceptors (Lipinski definition) is 4. The number of nitrogens with one attached hydrogen (secondary N) is 1. The molecule has 0 saturated carbocycles. The van der Waals surface area contributed by atoms with Crippen LogP contribution in [0.3, 0.4) is 0 Å². The van der Waals surface area contributed by atoms with E-state index in [4.69, 9.17) is 0 Å². The van der Waals surface area contributed by atoms with Crippen LogP contribution in [0.15, 0.2) is 36.4 Å². The molecule has 1 N–H and O–H groups in total. The number of tetrazole rings is 1. The van der Waals surface area contributed by atoms with Gasteiger partial charge in [0.05, 0.1) is 0 Å². The summed E-state index contributed by atoms with van der Waals surface area (Å²) in [6.45, 7) is 0. The molecule has 2 aromatic rings. The monoisotopic (exact) mass is 200 g/mol. The summed E-state index contributed by atoms with van der Waals surface area (Å²) in [5.74, 6) is -0.199. The molecular formula is C10H8N4O. The third-order valence-corrected chi connectivity index (χ3v) is 1.79. The van der Waals surface area contributed by atoms with Crippen molar-refractivity contribution in [1.82, 2.24) is 20.6 Å². The second-order valence-corrected chi connectivity index (χ2v) is 2.84. The van der Waals surface area contributed by atoms with Gasteiger partial charge in [-0.1, -0.05) is 36.4 Å². The van der Waals surface area contributed by atoms with Crippen molar-refractivity contribution in [3.63, 3.8) is 0 Å². The molecule has 74 valence electrons. The SMILES string of the molecule is O=C(C=Cc1ccccc1)c1nn[nH]n1. The zero-order chi connectivity index (χ0) is 10.5. The molecule has 2 rings (SSSR count). The van der Waals surface area contributed by atoms with Crippen molar-refractivity contribution in [3.05, 3.63) is 47.8 Å². The molecule has 1 heterocycles. The maximum atomic E-state index is 11.4. The summed E-state index contributed by atoms with van der Waals surface area (Å²) < 4.78 is 0. The smallest absolute Gasteiger partial charge is 0.244 e. The van der Waals surface area contributed by atoms with E-state index in [1.54, 1.807) is 6.08 Å². The Morgan fingerprint density at radius 1 is 1.27 bits per heavy atom. The van der Waals surface area contributed by atoms with Crippen molar-refractivity contribution in [2.45, 2.75) is 0 Å². The number of allylic oxidation sites excluding steroid dienone is 1. The zero-order valence-electron chi connectivity index (χ0n) is 7.79. The van der Waals surface area contributed by atoms with Crippen LogP contribution in [0, 0.1) is 0 Å². The first-order valence-electron chi connectivity index (χ1n) is 4.37. The molecule has 5 heteroatoms. The maximum absolute atomic E-state index is 11.4. The molecule has 0 aliphatic rings. The van der Waals surface area contributed by atoms with Gasteiger partial charge in [-0.3, -0.25) is 4.79 Å². The Balaban J connectivity index is 2.10. The Hall–Kier alpha value is -2.30. The van der Waals surface area contributed by atoms with Gasteiger partial charge in [-0.2, -0.15) is 5.21 Å². The first kappa shape index (κ1) is 9.26. The van der Waals surface area contributed by atoms with E-state index < -0.39 is 0 Å². The zero-order valence-corrected chi connectivity index (χ0v) is 7.79. The first-order chi connectivity index (χ1) is 7.36. The Morgan fingerprint density at radius 2 is 2.07 bits per heavy atom. The lowest BCUT2D eigenvalue weighted by molar-refractivity contribution is 0.103. The van der Waals surface area contributed by atoms with Gasteiger partial charge in [0, 0.05) is 0 Å². The minimum absolute atomic E-state index is 0.0715. The molecule has 0 aliphatic carbocycles. The Bertz CT molecular complexity index is 461. The molecule has 0 aliphatic heterocycles. The van der Waals surface area contributed by atoms with Gasteiger partial charge in [-0.05, 0) is 16.9 Å². The van der Waals surface area contributed by atoms with E-state index >= 15 is 0 Å². The summed E-state index contributed by atoms with van der Waals surface area (Å²) in [5, 5.41) is 12.7. The van der Waals surface area contributed by atoms with Crippen LogP contribution in [0.2, 0.25) is 0 Å². The molecule has 1 aromatic heterocycles. The Labute approximate surface area is 85.8 Å². The molecule has 0 unspecified atom stereocenters. The third kappa shape index (κ3) is 2.34.